The Hall–Kier alpha value is -1.35. The van der Waals surface area contributed by atoms with Gasteiger partial charge >= 0.3 is 0 Å². The molecule has 1 heterocycles. The Morgan fingerprint density at radius 1 is 1.33 bits per heavy atom. The fourth-order valence-electron chi connectivity index (χ4n) is 2.81. The van der Waals surface area contributed by atoms with E-state index in [4.69, 9.17) is 11.6 Å². The van der Waals surface area contributed by atoms with E-state index in [-0.39, 0.29) is 10.8 Å². The SMILES string of the molecule is CC1(c2cnnn2-c2ccccc2)CCC(Cl)C1. The first-order chi connectivity index (χ1) is 8.69. The van der Waals surface area contributed by atoms with Gasteiger partial charge in [-0.05, 0) is 31.4 Å². The molecule has 3 rings (SSSR count). The quantitative estimate of drug-likeness (QED) is 0.777. The summed E-state index contributed by atoms with van der Waals surface area (Å²) in [6, 6.07) is 10.1. The normalized spacial score (nSPS) is 27.6. The van der Waals surface area contributed by atoms with Crippen LogP contribution in [0.5, 0.6) is 0 Å². The van der Waals surface area contributed by atoms with Crippen molar-refractivity contribution < 1.29 is 0 Å². The van der Waals surface area contributed by atoms with Gasteiger partial charge in [-0.3, -0.25) is 0 Å². The molecular weight excluding hydrogens is 246 g/mol. The monoisotopic (exact) mass is 261 g/mol. The zero-order chi connectivity index (χ0) is 12.6. The van der Waals surface area contributed by atoms with Gasteiger partial charge in [-0.25, -0.2) is 4.68 Å². The maximum absolute atomic E-state index is 6.26. The average Bonchev–Trinajstić information content (AvgIpc) is 2.98. The van der Waals surface area contributed by atoms with E-state index in [0.717, 1.165) is 30.6 Å². The molecule has 2 atom stereocenters. The van der Waals surface area contributed by atoms with Gasteiger partial charge in [0.15, 0.2) is 0 Å². The van der Waals surface area contributed by atoms with Crippen molar-refractivity contribution in [3.63, 3.8) is 0 Å². The number of alkyl halides is 1. The first kappa shape index (κ1) is 11.7. The van der Waals surface area contributed by atoms with Gasteiger partial charge in [-0.15, -0.1) is 16.7 Å². The van der Waals surface area contributed by atoms with Gasteiger partial charge in [-0.2, -0.15) is 0 Å². The fraction of sp³-hybridized carbons (Fsp3) is 0.429. The van der Waals surface area contributed by atoms with Crippen molar-refractivity contribution in [2.24, 2.45) is 0 Å². The van der Waals surface area contributed by atoms with E-state index in [2.05, 4.69) is 29.4 Å². The highest BCUT2D eigenvalue weighted by Crippen LogP contribution is 2.42. The molecular formula is C14H16ClN3. The molecule has 0 bridgehead atoms. The van der Waals surface area contributed by atoms with E-state index in [1.54, 1.807) is 0 Å². The molecule has 0 spiro atoms. The topological polar surface area (TPSA) is 30.7 Å². The molecule has 1 fully saturated rings. The van der Waals surface area contributed by atoms with Crippen molar-refractivity contribution in [2.75, 3.05) is 0 Å². The molecule has 0 saturated heterocycles. The lowest BCUT2D eigenvalue weighted by molar-refractivity contribution is 0.460. The van der Waals surface area contributed by atoms with Crippen molar-refractivity contribution in [2.45, 2.75) is 37.0 Å². The Kier molecular flexibility index (Phi) is 2.86. The number of hydrogen-bond acceptors (Lipinski definition) is 2. The molecule has 1 saturated carbocycles. The lowest BCUT2D eigenvalue weighted by atomic mass is 9.85. The minimum Gasteiger partial charge on any atom is -0.217 e. The number of halogens is 1. The van der Waals surface area contributed by atoms with E-state index in [9.17, 15) is 0 Å². The first-order valence-electron chi connectivity index (χ1n) is 6.30. The van der Waals surface area contributed by atoms with Crippen LogP contribution in [-0.2, 0) is 5.41 Å². The second kappa shape index (κ2) is 4.39. The summed E-state index contributed by atoms with van der Waals surface area (Å²) in [5.41, 5.74) is 2.31. The number of para-hydroxylation sites is 1. The fourth-order valence-corrected chi connectivity index (χ4v) is 3.26. The van der Waals surface area contributed by atoms with Crippen molar-refractivity contribution in [1.29, 1.82) is 0 Å². The largest absolute Gasteiger partial charge is 0.217 e. The molecule has 0 amide bonds. The molecule has 94 valence electrons. The third kappa shape index (κ3) is 1.93. The van der Waals surface area contributed by atoms with Crippen LogP contribution in [0.15, 0.2) is 36.5 Å². The van der Waals surface area contributed by atoms with Crippen LogP contribution in [0.4, 0.5) is 0 Å². The number of benzene rings is 1. The molecule has 3 nitrogen and oxygen atoms in total. The van der Waals surface area contributed by atoms with Crippen LogP contribution in [-0.4, -0.2) is 20.4 Å². The molecule has 1 aromatic carbocycles. The van der Waals surface area contributed by atoms with Gasteiger partial charge in [0.05, 0.1) is 17.6 Å². The van der Waals surface area contributed by atoms with Gasteiger partial charge < -0.3 is 0 Å². The molecule has 1 aliphatic carbocycles. The highest BCUT2D eigenvalue weighted by atomic mass is 35.5. The van der Waals surface area contributed by atoms with Crippen LogP contribution >= 0.6 is 11.6 Å². The van der Waals surface area contributed by atoms with Gasteiger partial charge in [-0.1, -0.05) is 30.3 Å². The summed E-state index contributed by atoms with van der Waals surface area (Å²) in [5.74, 6) is 0. The van der Waals surface area contributed by atoms with Gasteiger partial charge in [0, 0.05) is 10.8 Å². The Labute approximate surface area is 112 Å². The highest BCUT2D eigenvalue weighted by Gasteiger charge is 2.38. The summed E-state index contributed by atoms with van der Waals surface area (Å²) in [5, 5.41) is 8.58. The summed E-state index contributed by atoms with van der Waals surface area (Å²) in [4.78, 5) is 0. The zero-order valence-electron chi connectivity index (χ0n) is 10.4. The smallest absolute Gasteiger partial charge is 0.0735 e. The average molecular weight is 262 g/mol. The molecule has 2 unspecified atom stereocenters. The molecule has 0 radical (unpaired) electrons. The molecule has 4 heteroatoms. The van der Waals surface area contributed by atoms with Crippen LogP contribution in [0.1, 0.15) is 31.9 Å². The number of hydrogen-bond donors (Lipinski definition) is 0. The third-order valence-electron chi connectivity index (χ3n) is 3.85. The van der Waals surface area contributed by atoms with Crippen molar-refractivity contribution in [1.82, 2.24) is 15.0 Å². The van der Waals surface area contributed by atoms with E-state index >= 15 is 0 Å². The number of aromatic nitrogens is 3. The van der Waals surface area contributed by atoms with Gasteiger partial charge in [0.25, 0.3) is 0 Å². The van der Waals surface area contributed by atoms with Crippen LogP contribution in [0.3, 0.4) is 0 Å². The van der Waals surface area contributed by atoms with E-state index in [0.29, 0.717) is 0 Å². The Balaban J connectivity index is 2.02. The summed E-state index contributed by atoms with van der Waals surface area (Å²) < 4.78 is 1.94. The molecule has 0 aliphatic heterocycles. The standard InChI is InChI=1S/C14H16ClN3/c1-14(8-7-11(15)9-14)13-10-16-17-18(13)12-5-3-2-4-6-12/h2-6,10-11H,7-9H2,1H3. The lowest BCUT2D eigenvalue weighted by Crippen LogP contribution is -2.22. The Morgan fingerprint density at radius 3 is 2.78 bits per heavy atom. The Morgan fingerprint density at radius 2 is 2.11 bits per heavy atom. The zero-order valence-corrected chi connectivity index (χ0v) is 11.1. The second-order valence-electron chi connectivity index (χ2n) is 5.27. The molecule has 2 aromatic rings. The van der Waals surface area contributed by atoms with Crippen LogP contribution in [0.2, 0.25) is 0 Å². The van der Waals surface area contributed by atoms with Crippen LogP contribution in [0.25, 0.3) is 5.69 Å². The molecule has 1 aliphatic rings. The van der Waals surface area contributed by atoms with Crippen molar-refractivity contribution in [3.8, 4) is 5.69 Å². The molecule has 1 aromatic heterocycles. The third-order valence-corrected chi connectivity index (χ3v) is 4.22. The maximum atomic E-state index is 6.26. The Bertz CT molecular complexity index is 537. The molecule has 18 heavy (non-hydrogen) atoms. The first-order valence-corrected chi connectivity index (χ1v) is 6.73. The van der Waals surface area contributed by atoms with E-state index < -0.39 is 0 Å². The number of rotatable bonds is 2. The number of nitrogens with zero attached hydrogens (tertiary/aromatic N) is 3. The van der Waals surface area contributed by atoms with Crippen molar-refractivity contribution in [3.05, 3.63) is 42.2 Å². The predicted molar refractivity (Wildman–Crippen MR) is 72.2 cm³/mol. The highest BCUT2D eigenvalue weighted by molar-refractivity contribution is 6.20. The van der Waals surface area contributed by atoms with E-state index in [1.807, 2.05) is 29.1 Å². The maximum Gasteiger partial charge on any atom is 0.0735 e. The summed E-state index contributed by atoms with van der Waals surface area (Å²) in [6.45, 7) is 2.26. The summed E-state index contributed by atoms with van der Waals surface area (Å²) in [6.07, 6.45) is 5.04. The summed E-state index contributed by atoms with van der Waals surface area (Å²) >= 11 is 6.26. The molecule has 0 N–H and O–H groups in total. The second-order valence-corrected chi connectivity index (χ2v) is 5.88. The summed E-state index contributed by atoms with van der Waals surface area (Å²) in [7, 11) is 0. The van der Waals surface area contributed by atoms with Crippen molar-refractivity contribution >= 4 is 11.6 Å². The van der Waals surface area contributed by atoms with E-state index in [1.165, 1.54) is 0 Å². The van der Waals surface area contributed by atoms with Gasteiger partial charge in [0.1, 0.15) is 0 Å². The predicted octanol–water partition coefficient (Wildman–Crippen LogP) is 3.32. The van der Waals surface area contributed by atoms with Crippen LogP contribution < -0.4 is 0 Å². The van der Waals surface area contributed by atoms with Gasteiger partial charge in [0.2, 0.25) is 0 Å². The minimum absolute atomic E-state index is 0.0890. The van der Waals surface area contributed by atoms with Crippen LogP contribution in [0, 0.1) is 0 Å². The lowest BCUT2D eigenvalue weighted by Gasteiger charge is -2.24. The minimum atomic E-state index is 0.0890.